The van der Waals surface area contributed by atoms with Crippen LogP contribution < -0.4 is 9.62 Å². The Hall–Kier alpha value is -1.70. The summed E-state index contributed by atoms with van der Waals surface area (Å²) in [6, 6.07) is 10.1. The molecule has 1 atom stereocenters. The molecule has 0 aliphatic carbocycles. The van der Waals surface area contributed by atoms with E-state index in [9.17, 15) is 13.2 Å². The minimum atomic E-state index is -3.62. The second-order valence-electron chi connectivity index (χ2n) is 5.22. The first kappa shape index (κ1) is 15.2. The largest absolute Gasteiger partial charge is 0.311 e. The summed E-state index contributed by atoms with van der Waals surface area (Å²) in [5.41, 5.74) is 1.92. The molecule has 1 saturated heterocycles. The van der Waals surface area contributed by atoms with Crippen molar-refractivity contribution < 1.29 is 13.2 Å². The van der Waals surface area contributed by atoms with Crippen LogP contribution in [0.5, 0.6) is 0 Å². The van der Waals surface area contributed by atoms with E-state index in [-0.39, 0.29) is 10.1 Å². The van der Waals surface area contributed by atoms with Gasteiger partial charge in [0.05, 0.1) is 0 Å². The lowest BCUT2D eigenvalue weighted by Crippen LogP contribution is -2.41. The van der Waals surface area contributed by atoms with Crippen LogP contribution in [0.2, 0.25) is 0 Å². The van der Waals surface area contributed by atoms with E-state index in [1.54, 1.807) is 16.3 Å². The molecular formula is C15H16N2O3S2. The van der Waals surface area contributed by atoms with Gasteiger partial charge in [0.1, 0.15) is 10.3 Å². The minimum absolute atomic E-state index is 0.205. The first-order chi connectivity index (χ1) is 10.5. The van der Waals surface area contributed by atoms with Crippen LogP contribution in [0.1, 0.15) is 12.0 Å². The van der Waals surface area contributed by atoms with Crippen molar-refractivity contribution in [2.24, 2.45) is 0 Å². The molecule has 2 heterocycles. The van der Waals surface area contributed by atoms with Crippen molar-refractivity contribution >= 4 is 33.0 Å². The molecule has 0 radical (unpaired) electrons. The summed E-state index contributed by atoms with van der Waals surface area (Å²) < 4.78 is 27.2. The zero-order valence-corrected chi connectivity index (χ0v) is 13.7. The number of anilines is 1. The van der Waals surface area contributed by atoms with Crippen LogP contribution in [0.25, 0.3) is 0 Å². The number of nitrogens with zero attached hydrogens (tertiary/aromatic N) is 1. The average molecular weight is 336 g/mol. The first-order valence-corrected chi connectivity index (χ1v) is 9.27. The molecule has 1 N–H and O–H groups in total. The van der Waals surface area contributed by atoms with Gasteiger partial charge in [-0.15, -0.1) is 11.3 Å². The highest BCUT2D eigenvalue weighted by molar-refractivity contribution is 7.91. The van der Waals surface area contributed by atoms with Crippen molar-refractivity contribution in [3.63, 3.8) is 0 Å². The van der Waals surface area contributed by atoms with Gasteiger partial charge in [0.15, 0.2) is 0 Å². The Bertz CT molecular complexity index is 768. The molecule has 1 aliphatic rings. The smallest absolute Gasteiger partial charge is 0.250 e. The maximum atomic E-state index is 12.4. The molecule has 1 amide bonds. The van der Waals surface area contributed by atoms with Gasteiger partial charge in [-0.2, -0.15) is 4.72 Å². The lowest BCUT2D eigenvalue weighted by atomic mass is 10.2. The van der Waals surface area contributed by atoms with Gasteiger partial charge in [0.25, 0.3) is 10.0 Å². The van der Waals surface area contributed by atoms with Gasteiger partial charge in [-0.3, -0.25) is 4.79 Å². The van der Waals surface area contributed by atoms with Crippen LogP contribution in [0.4, 0.5) is 5.69 Å². The van der Waals surface area contributed by atoms with Crippen LogP contribution in [0.15, 0.2) is 46.0 Å². The van der Waals surface area contributed by atoms with Crippen LogP contribution in [-0.2, 0) is 14.8 Å². The molecule has 0 saturated carbocycles. The van der Waals surface area contributed by atoms with Crippen LogP contribution in [0.3, 0.4) is 0 Å². The number of carbonyl (C=O) groups excluding carboxylic acids is 1. The van der Waals surface area contributed by atoms with E-state index in [4.69, 9.17) is 0 Å². The summed E-state index contributed by atoms with van der Waals surface area (Å²) >= 11 is 1.14. The number of thiophene rings is 1. The zero-order valence-electron chi connectivity index (χ0n) is 12.0. The van der Waals surface area contributed by atoms with Crippen LogP contribution in [-0.4, -0.2) is 26.9 Å². The highest BCUT2D eigenvalue weighted by atomic mass is 32.2. The highest BCUT2D eigenvalue weighted by Crippen LogP contribution is 2.24. The Morgan fingerprint density at radius 2 is 1.95 bits per heavy atom. The van der Waals surface area contributed by atoms with Crippen molar-refractivity contribution in [1.29, 1.82) is 0 Å². The third kappa shape index (κ3) is 2.92. The maximum absolute atomic E-state index is 12.4. The standard InChI is InChI=1S/C15H16N2O3S2/c1-11-4-6-12(7-5-11)17-9-8-13(15(17)18)16-22(19,20)14-3-2-10-21-14/h2-7,10,13,16H,8-9H2,1H3/t13-/m0/s1. The van der Waals surface area contributed by atoms with Crippen molar-refractivity contribution in [3.05, 3.63) is 47.3 Å². The molecule has 5 nitrogen and oxygen atoms in total. The van der Waals surface area contributed by atoms with Gasteiger partial charge < -0.3 is 4.90 Å². The Kier molecular flexibility index (Phi) is 4.03. The molecule has 7 heteroatoms. The zero-order chi connectivity index (χ0) is 15.7. The number of aryl methyl sites for hydroxylation is 1. The summed E-state index contributed by atoms with van der Waals surface area (Å²) in [5.74, 6) is -0.205. The van der Waals surface area contributed by atoms with E-state index in [2.05, 4.69) is 4.72 Å². The molecule has 1 aromatic heterocycles. The fourth-order valence-electron chi connectivity index (χ4n) is 2.43. The summed E-state index contributed by atoms with van der Waals surface area (Å²) in [7, 11) is -3.62. The van der Waals surface area contributed by atoms with E-state index in [1.807, 2.05) is 31.2 Å². The van der Waals surface area contributed by atoms with Gasteiger partial charge in [-0.05, 0) is 36.9 Å². The molecule has 1 aromatic carbocycles. The third-order valence-electron chi connectivity index (χ3n) is 3.61. The SMILES string of the molecule is Cc1ccc(N2CC[C@H](NS(=O)(=O)c3cccs3)C2=O)cc1. The van der Waals surface area contributed by atoms with Gasteiger partial charge in [0.2, 0.25) is 5.91 Å². The minimum Gasteiger partial charge on any atom is -0.311 e. The van der Waals surface area contributed by atoms with E-state index < -0.39 is 16.1 Å². The Balaban J connectivity index is 1.75. The summed E-state index contributed by atoms with van der Waals surface area (Å²) in [6.45, 7) is 2.49. The summed E-state index contributed by atoms with van der Waals surface area (Å²) in [4.78, 5) is 14.1. The molecule has 1 fully saturated rings. The number of amides is 1. The predicted octanol–water partition coefficient (Wildman–Crippen LogP) is 2.14. The topological polar surface area (TPSA) is 66.5 Å². The van der Waals surface area contributed by atoms with Crippen LogP contribution >= 0.6 is 11.3 Å². The van der Waals surface area contributed by atoms with Gasteiger partial charge in [-0.25, -0.2) is 8.42 Å². The van der Waals surface area contributed by atoms with E-state index in [1.165, 1.54) is 6.07 Å². The fourth-order valence-corrected chi connectivity index (χ4v) is 4.67. The molecule has 2 aromatic rings. The number of carbonyl (C=O) groups is 1. The number of hydrogen-bond acceptors (Lipinski definition) is 4. The number of nitrogens with one attached hydrogen (secondary N) is 1. The Morgan fingerprint density at radius 3 is 2.59 bits per heavy atom. The second kappa shape index (κ2) is 5.83. The average Bonchev–Trinajstić information content (AvgIpc) is 3.12. The Morgan fingerprint density at radius 1 is 1.23 bits per heavy atom. The molecule has 116 valence electrons. The van der Waals surface area contributed by atoms with E-state index in [0.717, 1.165) is 22.6 Å². The number of rotatable bonds is 4. The van der Waals surface area contributed by atoms with Gasteiger partial charge >= 0.3 is 0 Å². The molecule has 0 bridgehead atoms. The van der Waals surface area contributed by atoms with Gasteiger partial charge in [-0.1, -0.05) is 23.8 Å². The summed E-state index contributed by atoms with van der Waals surface area (Å²) in [6.07, 6.45) is 0.470. The maximum Gasteiger partial charge on any atom is 0.250 e. The monoisotopic (exact) mass is 336 g/mol. The highest BCUT2D eigenvalue weighted by Gasteiger charge is 2.35. The van der Waals surface area contributed by atoms with E-state index >= 15 is 0 Å². The van der Waals surface area contributed by atoms with Crippen LogP contribution in [0, 0.1) is 6.92 Å². The van der Waals surface area contributed by atoms with Crippen molar-refractivity contribution in [2.75, 3.05) is 11.4 Å². The lowest BCUT2D eigenvalue weighted by Gasteiger charge is -2.17. The van der Waals surface area contributed by atoms with Gasteiger partial charge in [0, 0.05) is 12.2 Å². The van der Waals surface area contributed by atoms with Crippen molar-refractivity contribution in [3.8, 4) is 0 Å². The molecule has 1 aliphatic heterocycles. The number of hydrogen-bond donors (Lipinski definition) is 1. The molecule has 22 heavy (non-hydrogen) atoms. The predicted molar refractivity (Wildman–Crippen MR) is 86.6 cm³/mol. The molecule has 0 unspecified atom stereocenters. The van der Waals surface area contributed by atoms with Crippen molar-refractivity contribution in [2.45, 2.75) is 23.6 Å². The first-order valence-electron chi connectivity index (χ1n) is 6.91. The summed E-state index contributed by atoms with van der Waals surface area (Å²) in [5, 5.41) is 1.70. The Labute approximate surface area is 133 Å². The fraction of sp³-hybridized carbons (Fsp3) is 0.267. The number of benzene rings is 1. The molecule has 3 rings (SSSR count). The second-order valence-corrected chi connectivity index (χ2v) is 8.11. The molecular weight excluding hydrogens is 320 g/mol. The number of sulfonamides is 1. The molecule has 0 spiro atoms. The van der Waals surface area contributed by atoms with E-state index in [0.29, 0.717) is 13.0 Å². The van der Waals surface area contributed by atoms with Crippen molar-refractivity contribution in [1.82, 2.24) is 4.72 Å². The quantitative estimate of drug-likeness (QED) is 0.930. The lowest BCUT2D eigenvalue weighted by molar-refractivity contribution is -0.118. The third-order valence-corrected chi connectivity index (χ3v) is 6.48. The normalized spacial score (nSPS) is 18.9.